The van der Waals surface area contributed by atoms with Gasteiger partial charge in [-0.2, -0.15) is 5.10 Å². The number of rotatable bonds is 4. The van der Waals surface area contributed by atoms with E-state index in [-0.39, 0.29) is 5.56 Å². The highest BCUT2D eigenvalue weighted by atomic mass is 19.1. The number of carbonyl (C=O) groups excluding carboxylic acids is 1. The molecule has 1 amide bonds. The Bertz CT molecular complexity index is 1230. The van der Waals surface area contributed by atoms with E-state index in [1.165, 1.54) is 19.3 Å². The Hall–Kier alpha value is -3.81. The summed E-state index contributed by atoms with van der Waals surface area (Å²) < 4.78 is 26.3. The Morgan fingerprint density at radius 2 is 1.79 bits per heavy atom. The Balaban J connectivity index is 0.000000165. The lowest BCUT2D eigenvalue weighted by molar-refractivity contribution is 0.0942. The van der Waals surface area contributed by atoms with Gasteiger partial charge in [0.05, 0.1) is 11.7 Å². The fraction of sp³-hybridized carbons (Fsp3) is 0.269. The van der Waals surface area contributed by atoms with Crippen LogP contribution in [0, 0.1) is 17.6 Å². The molecule has 0 spiro atoms. The van der Waals surface area contributed by atoms with Crippen LogP contribution in [0.4, 0.5) is 8.78 Å². The summed E-state index contributed by atoms with van der Waals surface area (Å²) in [5, 5.41) is 19.7. The SMILES string of the molecule is O=C(NCC1CCCCC1)c1cc(F)c(O)c(F)c1.c1cncc(-c2ccc3cn[nH]c3c2)c1. The average molecular weight is 465 g/mol. The minimum Gasteiger partial charge on any atom is -0.503 e. The molecule has 0 unspecified atom stereocenters. The molecular weight excluding hydrogens is 438 g/mol. The second-order valence-electron chi connectivity index (χ2n) is 8.42. The zero-order valence-corrected chi connectivity index (χ0v) is 18.6. The fourth-order valence-electron chi connectivity index (χ4n) is 4.08. The van der Waals surface area contributed by atoms with Crippen molar-refractivity contribution < 1.29 is 18.7 Å². The fourth-order valence-corrected chi connectivity index (χ4v) is 4.08. The van der Waals surface area contributed by atoms with Crippen molar-refractivity contribution in [1.82, 2.24) is 20.5 Å². The number of H-pyrrole nitrogens is 1. The topological polar surface area (TPSA) is 90.9 Å². The van der Waals surface area contributed by atoms with Crippen LogP contribution in [0.2, 0.25) is 0 Å². The van der Waals surface area contributed by atoms with Gasteiger partial charge in [-0.3, -0.25) is 14.9 Å². The molecule has 2 aromatic carbocycles. The van der Waals surface area contributed by atoms with Gasteiger partial charge >= 0.3 is 0 Å². The summed E-state index contributed by atoms with van der Waals surface area (Å²) in [7, 11) is 0. The number of benzene rings is 2. The number of carbonyl (C=O) groups is 1. The first-order valence-electron chi connectivity index (χ1n) is 11.3. The van der Waals surface area contributed by atoms with Gasteiger partial charge in [0.2, 0.25) is 0 Å². The lowest BCUT2D eigenvalue weighted by Gasteiger charge is -2.21. The normalized spacial score (nSPS) is 13.8. The molecule has 0 radical (unpaired) electrons. The third kappa shape index (κ3) is 5.75. The van der Waals surface area contributed by atoms with Gasteiger partial charge in [-0.25, -0.2) is 8.78 Å². The molecule has 0 aliphatic heterocycles. The predicted molar refractivity (Wildman–Crippen MR) is 126 cm³/mol. The summed E-state index contributed by atoms with van der Waals surface area (Å²) in [4.78, 5) is 15.9. The number of phenols is 1. The third-order valence-corrected chi connectivity index (χ3v) is 5.99. The van der Waals surface area contributed by atoms with Crippen molar-refractivity contribution in [2.24, 2.45) is 5.92 Å². The molecule has 2 aromatic heterocycles. The third-order valence-electron chi connectivity index (χ3n) is 5.99. The number of phenolic OH excluding ortho intramolecular Hbond substituents is 1. The molecule has 4 aromatic rings. The molecule has 0 atom stereocenters. The zero-order chi connectivity index (χ0) is 23.9. The molecule has 0 saturated heterocycles. The number of aromatic hydroxyl groups is 1. The maximum atomic E-state index is 13.1. The number of nitrogens with one attached hydrogen (secondary N) is 2. The maximum Gasteiger partial charge on any atom is 0.251 e. The second kappa shape index (κ2) is 10.9. The standard InChI is InChI=1S/C14H17F2NO2.C12H9N3/c15-11-6-10(7-12(16)13(11)18)14(19)17-8-9-4-2-1-3-5-9;1-2-10(7-13-5-1)9-3-4-11-8-14-15-12(11)6-9/h6-7,9,18H,1-5,8H2,(H,17,19);1-8H,(H,14,15). The van der Waals surface area contributed by atoms with Gasteiger partial charge in [0.25, 0.3) is 5.91 Å². The molecule has 1 aliphatic rings. The number of fused-ring (bicyclic) bond motifs is 1. The number of aromatic nitrogens is 3. The van der Waals surface area contributed by atoms with E-state index in [0.29, 0.717) is 12.5 Å². The largest absolute Gasteiger partial charge is 0.503 e. The summed E-state index contributed by atoms with van der Waals surface area (Å²) in [5.41, 5.74) is 3.22. The summed E-state index contributed by atoms with van der Waals surface area (Å²) in [6.45, 7) is 0.531. The lowest BCUT2D eigenvalue weighted by Crippen LogP contribution is -2.30. The van der Waals surface area contributed by atoms with Crippen LogP contribution in [0.5, 0.6) is 5.75 Å². The Morgan fingerprint density at radius 1 is 1.03 bits per heavy atom. The number of amides is 1. The number of aromatic amines is 1. The highest BCUT2D eigenvalue weighted by Gasteiger charge is 2.17. The van der Waals surface area contributed by atoms with Crippen LogP contribution in [0.3, 0.4) is 0 Å². The van der Waals surface area contributed by atoms with Gasteiger partial charge < -0.3 is 10.4 Å². The van der Waals surface area contributed by atoms with Crippen LogP contribution in [-0.4, -0.2) is 32.7 Å². The van der Waals surface area contributed by atoms with E-state index in [1.807, 2.05) is 24.5 Å². The van der Waals surface area contributed by atoms with Crippen molar-refractivity contribution >= 4 is 16.8 Å². The number of pyridine rings is 1. The Kier molecular flexibility index (Phi) is 7.47. The number of nitrogens with zero attached hydrogens (tertiary/aromatic N) is 2. The Labute approximate surface area is 196 Å². The van der Waals surface area contributed by atoms with Gasteiger partial charge in [-0.1, -0.05) is 37.5 Å². The van der Waals surface area contributed by atoms with Crippen molar-refractivity contribution in [1.29, 1.82) is 0 Å². The second-order valence-corrected chi connectivity index (χ2v) is 8.42. The molecule has 0 bridgehead atoms. The number of hydrogen-bond donors (Lipinski definition) is 3. The summed E-state index contributed by atoms with van der Waals surface area (Å²) in [5.74, 6) is -3.36. The molecule has 1 aliphatic carbocycles. The highest BCUT2D eigenvalue weighted by Crippen LogP contribution is 2.24. The van der Waals surface area contributed by atoms with E-state index in [2.05, 4.69) is 38.7 Å². The van der Waals surface area contributed by atoms with Crippen LogP contribution in [-0.2, 0) is 0 Å². The first kappa shape index (κ1) is 23.4. The van der Waals surface area contributed by atoms with E-state index >= 15 is 0 Å². The zero-order valence-electron chi connectivity index (χ0n) is 18.6. The molecule has 34 heavy (non-hydrogen) atoms. The smallest absolute Gasteiger partial charge is 0.251 e. The highest BCUT2D eigenvalue weighted by molar-refractivity contribution is 5.94. The van der Waals surface area contributed by atoms with E-state index in [9.17, 15) is 13.6 Å². The van der Waals surface area contributed by atoms with Gasteiger partial charge in [0.15, 0.2) is 17.4 Å². The van der Waals surface area contributed by atoms with Gasteiger partial charge in [-0.15, -0.1) is 0 Å². The van der Waals surface area contributed by atoms with Crippen LogP contribution in [0.15, 0.2) is 61.1 Å². The maximum absolute atomic E-state index is 13.1. The molecule has 2 heterocycles. The predicted octanol–water partition coefficient (Wildman–Crippen LogP) is 5.61. The molecule has 5 rings (SSSR count). The summed E-state index contributed by atoms with van der Waals surface area (Å²) >= 11 is 0. The number of halogens is 2. The van der Waals surface area contributed by atoms with Crippen molar-refractivity contribution in [3.05, 3.63) is 78.3 Å². The minimum atomic E-state index is -1.12. The molecule has 1 fully saturated rings. The molecule has 3 N–H and O–H groups in total. The van der Waals surface area contributed by atoms with Gasteiger partial charge in [0.1, 0.15) is 0 Å². The van der Waals surface area contributed by atoms with Crippen LogP contribution in [0.25, 0.3) is 22.0 Å². The molecule has 176 valence electrons. The first-order chi connectivity index (χ1) is 16.5. The van der Waals surface area contributed by atoms with Gasteiger partial charge in [-0.05, 0) is 48.6 Å². The van der Waals surface area contributed by atoms with Crippen LogP contribution < -0.4 is 5.32 Å². The Morgan fingerprint density at radius 3 is 2.50 bits per heavy atom. The molecule has 6 nitrogen and oxygen atoms in total. The van der Waals surface area contributed by atoms with Crippen molar-refractivity contribution in [2.45, 2.75) is 32.1 Å². The van der Waals surface area contributed by atoms with E-state index in [4.69, 9.17) is 5.11 Å². The average Bonchev–Trinajstić information content (AvgIpc) is 3.35. The molecule has 8 heteroatoms. The first-order valence-corrected chi connectivity index (χ1v) is 11.3. The van der Waals surface area contributed by atoms with Crippen molar-refractivity contribution in [3.63, 3.8) is 0 Å². The van der Waals surface area contributed by atoms with E-state index < -0.39 is 23.3 Å². The summed E-state index contributed by atoms with van der Waals surface area (Å²) in [6.07, 6.45) is 11.2. The minimum absolute atomic E-state index is 0.108. The van der Waals surface area contributed by atoms with Gasteiger partial charge in [0, 0.05) is 35.5 Å². The molecule has 1 saturated carbocycles. The van der Waals surface area contributed by atoms with Crippen LogP contribution in [0.1, 0.15) is 42.5 Å². The van der Waals surface area contributed by atoms with Crippen LogP contribution >= 0.6 is 0 Å². The van der Waals surface area contributed by atoms with Crippen molar-refractivity contribution in [2.75, 3.05) is 6.54 Å². The van der Waals surface area contributed by atoms with E-state index in [1.54, 1.807) is 6.20 Å². The number of hydrogen-bond acceptors (Lipinski definition) is 4. The van der Waals surface area contributed by atoms with E-state index in [0.717, 1.165) is 47.0 Å². The molecular formula is C26H26F2N4O2. The quantitative estimate of drug-likeness (QED) is 0.366. The lowest BCUT2D eigenvalue weighted by atomic mass is 9.89. The summed E-state index contributed by atoms with van der Waals surface area (Å²) in [6, 6.07) is 11.9. The van der Waals surface area contributed by atoms with Crippen molar-refractivity contribution in [3.8, 4) is 16.9 Å². The monoisotopic (exact) mass is 464 g/mol.